The summed E-state index contributed by atoms with van der Waals surface area (Å²) in [5.41, 5.74) is 11.6. The van der Waals surface area contributed by atoms with Crippen molar-refractivity contribution in [2.75, 3.05) is 5.73 Å². The van der Waals surface area contributed by atoms with Crippen LogP contribution in [-0.2, 0) is 19.3 Å². The lowest BCUT2D eigenvalue weighted by Gasteiger charge is -2.15. The molecule has 0 heterocycles. The van der Waals surface area contributed by atoms with Gasteiger partial charge in [-0.15, -0.1) is 0 Å². The molecule has 0 aromatic heterocycles. The van der Waals surface area contributed by atoms with Crippen molar-refractivity contribution in [1.82, 2.24) is 0 Å². The number of nitrogen functional groups attached to an aromatic ring is 1. The van der Waals surface area contributed by atoms with Crippen molar-refractivity contribution >= 4 is 5.69 Å². The van der Waals surface area contributed by atoms with E-state index in [4.69, 9.17) is 5.73 Å². The van der Waals surface area contributed by atoms with Crippen LogP contribution in [-0.4, -0.2) is 0 Å². The first kappa shape index (κ1) is 20.1. The van der Waals surface area contributed by atoms with Crippen LogP contribution >= 0.6 is 0 Å². The lowest BCUT2D eigenvalue weighted by atomic mass is 9.92. The van der Waals surface area contributed by atoms with Gasteiger partial charge in [0, 0.05) is 5.69 Å². The molecule has 1 nitrogen and oxygen atoms in total. The highest BCUT2D eigenvalue weighted by Crippen LogP contribution is 2.24. The van der Waals surface area contributed by atoms with E-state index in [0.29, 0.717) is 0 Å². The number of hydrogen-bond acceptors (Lipinski definition) is 1. The van der Waals surface area contributed by atoms with Gasteiger partial charge in [-0.05, 0) is 48.4 Å². The highest BCUT2D eigenvalue weighted by molar-refractivity contribution is 5.54. The Labute approximate surface area is 145 Å². The molecule has 0 unspecified atom stereocenters. The third-order valence-electron chi connectivity index (χ3n) is 5.07. The van der Waals surface area contributed by atoms with E-state index in [9.17, 15) is 0 Å². The van der Waals surface area contributed by atoms with Crippen LogP contribution in [0.2, 0.25) is 0 Å². The van der Waals surface area contributed by atoms with Gasteiger partial charge in [-0.3, -0.25) is 0 Å². The molecule has 0 aliphatic carbocycles. The third kappa shape index (κ3) is 7.42. The summed E-state index contributed by atoms with van der Waals surface area (Å²) in [5, 5.41) is 0. The smallest absolute Gasteiger partial charge is 0.0349 e. The Bertz CT molecular complexity index is 422. The van der Waals surface area contributed by atoms with Crippen LogP contribution in [0, 0.1) is 0 Å². The fourth-order valence-corrected chi connectivity index (χ4v) is 3.65. The first-order valence-electron chi connectivity index (χ1n) is 10.1. The maximum Gasteiger partial charge on any atom is 0.0349 e. The van der Waals surface area contributed by atoms with E-state index in [1.807, 2.05) is 0 Å². The van der Waals surface area contributed by atoms with E-state index in [1.165, 1.54) is 87.3 Å². The first-order valence-corrected chi connectivity index (χ1v) is 10.1. The monoisotopic (exact) mass is 317 g/mol. The molecule has 0 radical (unpaired) electrons. The Kier molecular flexibility index (Phi) is 10.9. The molecular weight excluding hydrogens is 278 g/mol. The summed E-state index contributed by atoms with van der Waals surface area (Å²) in [7, 11) is 0. The van der Waals surface area contributed by atoms with Gasteiger partial charge in [0.1, 0.15) is 0 Å². The van der Waals surface area contributed by atoms with Crippen molar-refractivity contribution in [3.05, 3.63) is 28.8 Å². The quantitative estimate of drug-likeness (QED) is 0.312. The molecule has 0 amide bonds. The Hall–Kier alpha value is -0.980. The summed E-state index contributed by atoms with van der Waals surface area (Å²) in [5.74, 6) is 0. The van der Waals surface area contributed by atoms with Crippen LogP contribution < -0.4 is 5.73 Å². The van der Waals surface area contributed by atoms with E-state index < -0.39 is 0 Å². The molecule has 132 valence electrons. The second-order valence-electron chi connectivity index (χ2n) is 6.91. The summed E-state index contributed by atoms with van der Waals surface area (Å²) in [6.45, 7) is 6.76. The molecule has 1 aromatic rings. The second-order valence-corrected chi connectivity index (χ2v) is 6.91. The SMILES string of the molecule is CCCCCCCCCCCCc1ccc(N)c(CC)c1CC. The number of nitrogens with two attached hydrogens (primary N) is 1. The molecule has 0 aliphatic rings. The van der Waals surface area contributed by atoms with Crippen molar-refractivity contribution in [2.24, 2.45) is 0 Å². The number of benzene rings is 1. The minimum atomic E-state index is 0.983. The number of aryl methyl sites for hydroxylation is 1. The number of unbranched alkanes of at least 4 members (excludes halogenated alkanes) is 9. The van der Waals surface area contributed by atoms with Crippen LogP contribution in [0.15, 0.2) is 12.1 Å². The first-order chi connectivity index (χ1) is 11.2. The molecule has 1 rings (SSSR count). The number of hydrogen-bond donors (Lipinski definition) is 1. The zero-order valence-corrected chi connectivity index (χ0v) is 15.9. The normalized spacial score (nSPS) is 11.1. The van der Waals surface area contributed by atoms with Crippen LogP contribution in [0.3, 0.4) is 0 Å². The fourth-order valence-electron chi connectivity index (χ4n) is 3.65. The minimum absolute atomic E-state index is 0.983. The zero-order chi connectivity index (χ0) is 16.9. The third-order valence-corrected chi connectivity index (χ3v) is 5.07. The summed E-state index contributed by atoms with van der Waals surface area (Å²) in [6, 6.07) is 4.38. The summed E-state index contributed by atoms with van der Waals surface area (Å²) < 4.78 is 0. The molecule has 0 fully saturated rings. The topological polar surface area (TPSA) is 26.0 Å². The van der Waals surface area contributed by atoms with Gasteiger partial charge < -0.3 is 5.73 Å². The van der Waals surface area contributed by atoms with E-state index in [0.717, 1.165) is 18.5 Å². The predicted octanol–water partition coefficient (Wildman–Crippen LogP) is 6.86. The van der Waals surface area contributed by atoms with Gasteiger partial charge in [-0.1, -0.05) is 84.6 Å². The zero-order valence-electron chi connectivity index (χ0n) is 15.9. The van der Waals surface area contributed by atoms with Crippen molar-refractivity contribution in [2.45, 2.75) is 104 Å². The molecule has 0 saturated heterocycles. The molecule has 0 saturated carbocycles. The van der Waals surface area contributed by atoms with E-state index in [2.05, 4.69) is 32.9 Å². The average Bonchev–Trinajstić information content (AvgIpc) is 2.57. The molecule has 2 N–H and O–H groups in total. The predicted molar refractivity (Wildman–Crippen MR) is 105 cm³/mol. The standard InChI is InChI=1S/C22H39N/c1-4-7-8-9-10-11-12-13-14-15-16-19-17-18-22(23)21(6-3)20(19)5-2/h17-18H,4-16,23H2,1-3H3. The summed E-state index contributed by atoms with van der Waals surface area (Å²) in [6.07, 6.45) is 17.5. The highest BCUT2D eigenvalue weighted by Gasteiger charge is 2.08. The minimum Gasteiger partial charge on any atom is -0.398 e. The lowest BCUT2D eigenvalue weighted by molar-refractivity contribution is 0.556. The Morgan fingerprint density at radius 1 is 0.652 bits per heavy atom. The van der Waals surface area contributed by atoms with Gasteiger partial charge in [-0.2, -0.15) is 0 Å². The van der Waals surface area contributed by atoms with Crippen molar-refractivity contribution in [1.29, 1.82) is 0 Å². The molecule has 23 heavy (non-hydrogen) atoms. The Morgan fingerprint density at radius 3 is 1.70 bits per heavy atom. The van der Waals surface area contributed by atoms with Gasteiger partial charge in [0.05, 0.1) is 0 Å². The molecule has 1 heteroatoms. The van der Waals surface area contributed by atoms with Crippen LogP contribution in [0.5, 0.6) is 0 Å². The van der Waals surface area contributed by atoms with Gasteiger partial charge in [0.25, 0.3) is 0 Å². The van der Waals surface area contributed by atoms with Crippen LogP contribution in [0.25, 0.3) is 0 Å². The molecular formula is C22H39N. The average molecular weight is 318 g/mol. The van der Waals surface area contributed by atoms with Crippen LogP contribution in [0.1, 0.15) is 102 Å². The van der Waals surface area contributed by atoms with Crippen molar-refractivity contribution in [3.63, 3.8) is 0 Å². The Morgan fingerprint density at radius 2 is 1.17 bits per heavy atom. The van der Waals surface area contributed by atoms with Gasteiger partial charge >= 0.3 is 0 Å². The maximum absolute atomic E-state index is 6.13. The molecule has 0 bridgehead atoms. The van der Waals surface area contributed by atoms with Gasteiger partial charge in [0.15, 0.2) is 0 Å². The molecule has 1 aromatic carbocycles. The maximum atomic E-state index is 6.13. The van der Waals surface area contributed by atoms with E-state index in [-0.39, 0.29) is 0 Å². The van der Waals surface area contributed by atoms with Gasteiger partial charge in [-0.25, -0.2) is 0 Å². The Balaban J connectivity index is 2.21. The lowest BCUT2D eigenvalue weighted by Crippen LogP contribution is -2.03. The molecule has 0 atom stereocenters. The largest absolute Gasteiger partial charge is 0.398 e. The molecule has 0 spiro atoms. The van der Waals surface area contributed by atoms with Gasteiger partial charge in [0.2, 0.25) is 0 Å². The number of anilines is 1. The summed E-state index contributed by atoms with van der Waals surface area (Å²) in [4.78, 5) is 0. The number of rotatable bonds is 13. The van der Waals surface area contributed by atoms with Crippen molar-refractivity contribution in [3.8, 4) is 0 Å². The van der Waals surface area contributed by atoms with Crippen molar-refractivity contribution < 1.29 is 0 Å². The summed E-state index contributed by atoms with van der Waals surface area (Å²) >= 11 is 0. The molecule has 0 aliphatic heterocycles. The van der Waals surface area contributed by atoms with E-state index >= 15 is 0 Å². The van der Waals surface area contributed by atoms with Crippen LogP contribution in [0.4, 0.5) is 5.69 Å². The fraction of sp³-hybridized carbons (Fsp3) is 0.727. The second kappa shape index (κ2) is 12.4. The highest BCUT2D eigenvalue weighted by atomic mass is 14.6. The van der Waals surface area contributed by atoms with E-state index in [1.54, 1.807) is 0 Å².